The van der Waals surface area contributed by atoms with E-state index in [9.17, 15) is 0 Å². The van der Waals surface area contributed by atoms with Gasteiger partial charge in [0.2, 0.25) is 5.95 Å². The van der Waals surface area contributed by atoms with Crippen molar-refractivity contribution in [3.63, 3.8) is 0 Å². The van der Waals surface area contributed by atoms with Gasteiger partial charge >= 0.3 is 0 Å². The number of hydrogen-bond donors (Lipinski definition) is 1. The first-order valence-corrected chi connectivity index (χ1v) is 6.67. The van der Waals surface area contributed by atoms with Crippen LogP contribution in [-0.4, -0.2) is 23.8 Å². The normalized spacial score (nSPS) is 10.8. The molecule has 0 fully saturated rings. The average Bonchev–Trinajstić information content (AvgIpc) is 2.82. The molecule has 0 aliphatic heterocycles. The Morgan fingerprint density at radius 1 is 1.05 bits per heavy atom. The maximum absolute atomic E-state index is 6.29. The fourth-order valence-corrected chi connectivity index (χ4v) is 2.45. The van der Waals surface area contributed by atoms with E-state index in [-0.39, 0.29) is 0 Å². The number of ether oxygens (including phenoxy) is 2. The summed E-state index contributed by atoms with van der Waals surface area (Å²) in [5, 5.41) is 0.567. The fourth-order valence-electron chi connectivity index (χ4n) is 2.25. The molecule has 0 bridgehead atoms. The Labute approximate surface area is 126 Å². The first-order valence-electron chi connectivity index (χ1n) is 6.30. The molecule has 1 heterocycles. The number of benzene rings is 2. The third kappa shape index (κ3) is 2.25. The SMILES string of the molecule is COc1ccc(Cl)c(-n2c(N)nc3cc(OC)ccc32)c1. The topological polar surface area (TPSA) is 62.3 Å². The number of halogens is 1. The molecule has 21 heavy (non-hydrogen) atoms. The van der Waals surface area contributed by atoms with Gasteiger partial charge in [0.25, 0.3) is 0 Å². The van der Waals surface area contributed by atoms with Crippen LogP contribution in [0.3, 0.4) is 0 Å². The summed E-state index contributed by atoms with van der Waals surface area (Å²) in [7, 11) is 3.22. The number of anilines is 1. The highest BCUT2D eigenvalue weighted by molar-refractivity contribution is 6.32. The minimum Gasteiger partial charge on any atom is -0.497 e. The largest absolute Gasteiger partial charge is 0.497 e. The summed E-state index contributed by atoms with van der Waals surface area (Å²) in [5.41, 5.74) is 8.36. The lowest BCUT2D eigenvalue weighted by Gasteiger charge is -2.10. The van der Waals surface area contributed by atoms with Crippen molar-refractivity contribution < 1.29 is 9.47 Å². The smallest absolute Gasteiger partial charge is 0.205 e. The molecular weight excluding hydrogens is 290 g/mol. The quantitative estimate of drug-likeness (QED) is 0.806. The second-order valence-corrected chi connectivity index (χ2v) is 4.88. The third-order valence-electron chi connectivity index (χ3n) is 3.28. The van der Waals surface area contributed by atoms with E-state index in [1.54, 1.807) is 30.9 Å². The number of nitrogens with two attached hydrogens (primary N) is 1. The number of imidazole rings is 1. The standard InChI is InChI=1S/C15H14ClN3O2/c1-20-9-4-6-13-12(7-9)18-15(17)19(13)14-8-10(21-2)3-5-11(14)16/h3-8H,1-2H3,(H2,17,18). The molecule has 2 N–H and O–H groups in total. The van der Waals surface area contributed by atoms with E-state index in [1.165, 1.54) is 0 Å². The minimum absolute atomic E-state index is 0.355. The van der Waals surface area contributed by atoms with Crippen molar-refractivity contribution in [3.8, 4) is 17.2 Å². The van der Waals surface area contributed by atoms with Crippen LogP contribution in [0.5, 0.6) is 11.5 Å². The van der Waals surface area contributed by atoms with Gasteiger partial charge in [-0.3, -0.25) is 4.57 Å². The maximum atomic E-state index is 6.29. The highest BCUT2D eigenvalue weighted by Gasteiger charge is 2.14. The Bertz CT molecular complexity index is 814. The molecule has 3 aromatic rings. The van der Waals surface area contributed by atoms with Gasteiger partial charge in [-0.15, -0.1) is 0 Å². The summed E-state index contributed by atoms with van der Waals surface area (Å²) in [6, 6.07) is 11.0. The molecule has 0 saturated carbocycles. The zero-order chi connectivity index (χ0) is 15.0. The summed E-state index contributed by atoms with van der Waals surface area (Å²) in [5.74, 6) is 1.78. The Morgan fingerprint density at radius 2 is 1.71 bits per heavy atom. The predicted molar refractivity (Wildman–Crippen MR) is 83.6 cm³/mol. The van der Waals surface area contributed by atoms with Gasteiger partial charge in [-0.1, -0.05) is 11.6 Å². The van der Waals surface area contributed by atoms with Crippen molar-refractivity contribution >= 4 is 28.6 Å². The monoisotopic (exact) mass is 303 g/mol. The van der Waals surface area contributed by atoms with Gasteiger partial charge in [0, 0.05) is 12.1 Å². The molecule has 0 unspecified atom stereocenters. The van der Waals surface area contributed by atoms with Gasteiger partial charge < -0.3 is 15.2 Å². The van der Waals surface area contributed by atoms with Crippen LogP contribution in [0, 0.1) is 0 Å². The van der Waals surface area contributed by atoms with Crippen LogP contribution in [0.15, 0.2) is 36.4 Å². The summed E-state index contributed by atoms with van der Waals surface area (Å²) >= 11 is 6.29. The molecule has 0 saturated heterocycles. The second-order valence-electron chi connectivity index (χ2n) is 4.48. The molecule has 1 aromatic heterocycles. The van der Waals surface area contributed by atoms with Crippen LogP contribution in [0.2, 0.25) is 5.02 Å². The van der Waals surface area contributed by atoms with Gasteiger partial charge in [0.15, 0.2) is 0 Å². The zero-order valence-electron chi connectivity index (χ0n) is 11.6. The van der Waals surface area contributed by atoms with Crippen LogP contribution in [0.4, 0.5) is 5.95 Å². The van der Waals surface area contributed by atoms with Crippen molar-refractivity contribution in [2.24, 2.45) is 0 Å². The van der Waals surface area contributed by atoms with E-state index in [1.807, 2.05) is 24.3 Å². The number of hydrogen-bond acceptors (Lipinski definition) is 4. The van der Waals surface area contributed by atoms with Crippen molar-refractivity contribution in [3.05, 3.63) is 41.4 Å². The first-order chi connectivity index (χ1) is 10.1. The van der Waals surface area contributed by atoms with Gasteiger partial charge in [0.1, 0.15) is 11.5 Å². The van der Waals surface area contributed by atoms with Crippen LogP contribution in [-0.2, 0) is 0 Å². The van der Waals surface area contributed by atoms with Crippen LogP contribution >= 0.6 is 11.6 Å². The van der Waals surface area contributed by atoms with Gasteiger partial charge in [-0.05, 0) is 24.3 Å². The summed E-state index contributed by atoms with van der Waals surface area (Å²) in [6.07, 6.45) is 0. The number of methoxy groups -OCH3 is 2. The van der Waals surface area contributed by atoms with E-state index >= 15 is 0 Å². The number of nitrogen functional groups attached to an aromatic ring is 1. The molecule has 0 spiro atoms. The van der Waals surface area contributed by atoms with E-state index in [0.717, 1.165) is 22.5 Å². The third-order valence-corrected chi connectivity index (χ3v) is 3.60. The molecule has 0 radical (unpaired) electrons. The van der Waals surface area contributed by atoms with E-state index < -0.39 is 0 Å². The van der Waals surface area contributed by atoms with Gasteiger partial charge in [-0.2, -0.15) is 0 Å². The number of rotatable bonds is 3. The van der Waals surface area contributed by atoms with E-state index in [0.29, 0.717) is 16.7 Å². The number of nitrogens with zero attached hydrogens (tertiary/aromatic N) is 2. The molecule has 0 atom stereocenters. The van der Waals surface area contributed by atoms with Crippen LogP contribution < -0.4 is 15.2 Å². The Kier molecular flexibility index (Phi) is 3.35. The fraction of sp³-hybridized carbons (Fsp3) is 0.133. The Hall–Kier alpha value is -2.40. The molecule has 108 valence electrons. The maximum Gasteiger partial charge on any atom is 0.205 e. The van der Waals surface area contributed by atoms with Crippen LogP contribution in [0.1, 0.15) is 0 Å². The lowest BCUT2D eigenvalue weighted by atomic mass is 10.2. The summed E-state index contributed by atoms with van der Waals surface area (Å²) < 4.78 is 12.2. The summed E-state index contributed by atoms with van der Waals surface area (Å²) in [6.45, 7) is 0. The predicted octanol–water partition coefficient (Wildman–Crippen LogP) is 3.28. The molecule has 2 aromatic carbocycles. The molecule has 0 aliphatic carbocycles. The molecule has 6 heteroatoms. The zero-order valence-corrected chi connectivity index (χ0v) is 12.4. The van der Waals surface area contributed by atoms with Crippen molar-refractivity contribution in [1.29, 1.82) is 0 Å². The van der Waals surface area contributed by atoms with Crippen molar-refractivity contribution in [2.75, 3.05) is 20.0 Å². The van der Waals surface area contributed by atoms with E-state index in [4.69, 9.17) is 26.8 Å². The summed E-state index contributed by atoms with van der Waals surface area (Å²) in [4.78, 5) is 4.36. The Balaban J connectivity index is 2.27. The molecule has 0 aliphatic rings. The number of fused-ring (bicyclic) bond motifs is 1. The second kappa shape index (κ2) is 5.18. The van der Waals surface area contributed by atoms with Crippen molar-refractivity contribution in [2.45, 2.75) is 0 Å². The van der Waals surface area contributed by atoms with Crippen molar-refractivity contribution in [1.82, 2.24) is 9.55 Å². The molecule has 0 amide bonds. The Morgan fingerprint density at radius 3 is 2.43 bits per heavy atom. The molecular formula is C15H14ClN3O2. The molecule has 5 nitrogen and oxygen atoms in total. The highest BCUT2D eigenvalue weighted by atomic mass is 35.5. The van der Waals surface area contributed by atoms with Gasteiger partial charge in [-0.25, -0.2) is 4.98 Å². The highest BCUT2D eigenvalue weighted by Crippen LogP contribution is 2.32. The molecule has 3 rings (SSSR count). The first kappa shape index (κ1) is 13.6. The van der Waals surface area contributed by atoms with Gasteiger partial charge in [0.05, 0.1) is 36.0 Å². The lowest BCUT2D eigenvalue weighted by Crippen LogP contribution is -2.01. The average molecular weight is 304 g/mol. The lowest BCUT2D eigenvalue weighted by molar-refractivity contribution is 0.414. The van der Waals surface area contributed by atoms with E-state index in [2.05, 4.69) is 4.98 Å². The van der Waals surface area contributed by atoms with Crippen LogP contribution in [0.25, 0.3) is 16.7 Å². The minimum atomic E-state index is 0.355. The number of aromatic nitrogens is 2.